The van der Waals surface area contributed by atoms with E-state index in [9.17, 15) is 0 Å². The molecule has 0 radical (unpaired) electrons. The van der Waals surface area contributed by atoms with Crippen LogP contribution in [0, 0.1) is 10.8 Å². The molecule has 1 unspecified atom stereocenters. The Hall–Kier alpha value is -1.31. The van der Waals surface area contributed by atoms with Crippen LogP contribution in [0.5, 0.6) is 0 Å². The normalized spacial score (nSPS) is 17.5. The van der Waals surface area contributed by atoms with Gasteiger partial charge in [-0.1, -0.05) is 45.0 Å². The third kappa shape index (κ3) is 1.73. The summed E-state index contributed by atoms with van der Waals surface area (Å²) in [7, 11) is 0. The van der Waals surface area contributed by atoms with E-state index in [0.717, 1.165) is 12.1 Å². The Morgan fingerprint density at radius 1 is 1.25 bits per heavy atom. The van der Waals surface area contributed by atoms with Gasteiger partial charge in [-0.15, -0.1) is 0 Å². The molecule has 1 aromatic carbocycles. The summed E-state index contributed by atoms with van der Waals surface area (Å²) >= 11 is 0. The van der Waals surface area contributed by atoms with Crippen molar-refractivity contribution in [3.63, 3.8) is 0 Å². The maximum atomic E-state index is 8.22. The van der Waals surface area contributed by atoms with Gasteiger partial charge in [0.05, 0.1) is 0 Å². The second-order valence-corrected chi connectivity index (χ2v) is 5.68. The number of hydrogen-bond donors (Lipinski definition) is 1. The highest BCUT2D eigenvalue weighted by Gasteiger charge is 2.33. The van der Waals surface area contributed by atoms with Crippen molar-refractivity contribution < 1.29 is 0 Å². The monoisotopic (exact) mass is 216 g/mol. The van der Waals surface area contributed by atoms with E-state index in [0.29, 0.717) is 11.9 Å². The highest BCUT2D eigenvalue weighted by molar-refractivity contribution is 6.00. The second-order valence-electron chi connectivity index (χ2n) is 5.68. The lowest BCUT2D eigenvalue weighted by molar-refractivity contribution is 0.183. The fourth-order valence-electron chi connectivity index (χ4n) is 2.10. The zero-order valence-electron chi connectivity index (χ0n) is 10.5. The first-order valence-electron chi connectivity index (χ1n) is 5.84. The molecule has 0 saturated carbocycles. The SMILES string of the molecule is CC(N1Cc2ccccc2C1=N)C(C)(C)C. The van der Waals surface area contributed by atoms with Crippen LogP contribution in [0.3, 0.4) is 0 Å². The molecule has 0 amide bonds. The van der Waals surface area contributed by atoms with Gasteiger partial charge in [-0.2, -0.15) is 0 Å². The number of benzene rings is 1. The fraction of sp³-hybridized carbons (Fsp3) is 0.500. The summed E-state index contributed by atoms with van der Waals surface area (Å²) < 4.78 is 0. The largest absolute Gasteiger partial charge is 0.349 e. The zero-order chi connectivity index (χ0) is 11.9. The third-order valence-corrected chi connectivity index (χ3v) is 3.62. The fourth-order valence-corrected chi connectivity index (χ4v) is 2.10. The van der Waals surface area contributed by atoms with Crippen LogP contribution in [0.25, 0.3) is 0 Å². The van der Waals surface area contributed by atoms with Gasteiger partial charge in [0, 0.05) is 18.2 Å². The van der Waals surface area contributed by atoms with Crippen molar-refractivity contribution in [1.29, 1.82) is 5.41 Å². The molecule has 1 atom stereocenters. The molecule has 1 aliphatic heterocycles. The molecule has 0 aromatic heterocycles. The first kappa shape index (κ1) is 11.2. The lowest BCUT2D eigenvalue weighted by Crippen LogP contribution is -2.41. The third-order valence-electron chi connectivity index (χ3n) is 3.62. The quantitative estimate of drug-likeness (QED) is 0.766. The van der Waals surface area contributed by atoms with E-state index in [1.54, 1.807) is 0 Å². The summed E-state index contributed by atoms with van der Waals surface area (Å²) in [4.78, 5) is 2.20. The molecule has 86 valence electrons. The highest BCUT2D eigenvalue weighted by Crippen LogP contribution is 2.31. The molecule has 0 bridgehead atoms. The Kier molecular flexibility index (Phi) is 2.53. The van der Waals surface area contributed by atoms with Crippen molar-refractivity contribution in [2.24, 2.45) is 5.41 Å². The summed E-state index contributed by atoms with van der Waals surface area (Å²) in [5, 5.41) is 8.22. The van der Waals surface area contributed by atoms with Gasteiger partial charge in [0.15, 0.2) is 0 Å². The molecule has 2 heteroatoms. The number of fused-ring (bicyclic) bond motifs is 1. The molecular weight excluding hydrogens is 196 g/mol. The van der Waals surface area contributed by atoms with E-state index >= 15 is 0 Å². The molecule has 0 saturated heterocycles. The number of amidine groups is 1. The van der Waals surface area contributed by atoms with E-state index < -0.39 is 0 Å². The summed E-state index contributed by atoms with van der Waals surface area (Å²) in [6.45, 7) is 9.78. The van der Waals surface area contributed by atoms with Gasteiger partial charge in [-0.3, -0.25) is 5.41 Å². The van der Waals surface area contributed by atoms with Gasteiger partial charge < -0.3 is 4.90 Å². The molecule has 16 heavy (non-hydrogen) atoms. The highest BCUT2D eigenvalue weighted by atomic mass is 15.2. The molecule has 0 fully saturated rings. The first-order chi connectivity index (χ1) is 7.41. The zero-order valence-corrected chi connectivity index (χ0v) is 10.5. The minimum atomic E-state index is 0.203. The lowest BCUT2D eigenvalue weighted by atomic mass is 9.87. The Balaban J connectivity index is 2.29. The Bertz CT molecular complexity index is 415. The van der Waals surface area contributed by atoms with Crippen LogP contribution in [-0.4, -0.2) is 16.8 Å². The standard InChI is InChI=1S/C14H20N2/c1-10(14(2,3)4)16-9-11-7-5-6-8-12(11)13(16)15/h5-8,10,15H,9H2,1-4H3. The average Bonchev–Trinajstić information content (AvgIpc) is 2.54. The van der Waals surface area contributed by atoms with Crippen LogP contribution in [0.4, 0.5) is 0 Å². The number of rotatable bonds is 1. The molecule has 2 nitrogen and oxygen atoms in total. The van der Waals surface area contributed by atoms with Crippen molar-refractivity contribution in [1.82, 2.24) is 4.90 Å². The van der Waals surface area contributed by atoms with E-state index in [2.05, 4.69) is 44.7 Å². The van der Waals surface area contributed by atoms with Crippen molar-refractivity contribution in [3.05, 3.63) is 35.4 Å². The molecule has 1 aromatic rings. The Morgan fingerprint density at radius 2 is 1.88 bits per heavy atom. The number of nitrogens with one attached hydrogen (secondary N) is 1. The molecule has 1 N–H and O–H groups in total. The summed E-state index contributed by atoms with van der Waals surface area (Å²) in [6.07, 6.45) is 0. The molecule has 1 heterocycles. The van der Waals surface area contributed by atoms with Crippen LogP contribution < -0.4 is 0 Å². The molecule has 1 aliphatic rings. The van der Waals surface area contributed by atoms with Crippen molar-refractivity contribution in [3.8, 4) is 0 Å². The van der Waals surface area contributed by atoms with Crippen LogP contribution >= 0.6 is 0 Å². The van der Waals surface area contributed by atoms with E-state index in [1.807, 2.05) is 12.1 Å². The van der Waals surface area contributed by atoms with Gasteiger partial charge >= 0.3 is 0 Å². The minimum absolute atomic E-state index is 0.203. The number of hydrogen-bond acceptors (Lipinski definition) is 1. The lowest BCUT2D eigenvalue weighted by Gasteiger charge is -2.36. The van der Waals surface area contributed by atoms with E-state index in [1.165, 1.54) is 5.56 Å². The van der Waals surface area contributed by atoms with E-state index in [-0.39, 0.29) is 5.41 Å². The van der Waals surface area contributed by atoms with Crippen LogP contribution in [0.1, 0.15) is 38.8 Å². The summed E-state index contributed by atoms with van der Waals surface area (Å²) in [6, 6.07) is 8.62. The smallest absolute Gasteiger partial charge is 0.128 e. The maximum Gasteiger partial charge on any atom is 0.128 e. The maximum absolute atomic E-state index is 8.22. The van der Waals surface area contributed by atoms with Gasteiger partial charge in [0.25, 0.3) is 0 Å². The molecule has 2 rings (SSSR count). The summed E-state index contributed by atoms with van der Waals surface area (Å²) in [5.41, 5.74) is 2.58. The van der Waals surface area contributed by atoms with Gasteiger partial charge in [-0.25, -0.2) is 0 Å². The van der Waals surface area contributed by atoms with E-state index in [4.69, 9.17) is 5.41 Å². The first-order valence-corrected chi connectivity index (χ1v) is 5.84. The molecule has 0 aliphatic carbocycles. The van der Waals surface area contributed by atoms with Crippen molar-refractivity contribution >= 4 is 5.84 Å². The van der Waals surface area contributed by atoms with Gasteiger partial charge in [-0.05, 0) is 17.9 Å². The van der Waals surface area contributed by atoms with Crippen molar-refractivity contribution in [2.45, 2.75) is 40.3 Å². The second kappa shape index (κ2) is 3.62. The summed E-state index contributed by atoms with van der Waals surface area (Å²) in [5.74, 6) is 0.679. The predicted octanol–water partition coefficient (Wildman–Crippen LogP) is 3.26. The van der Waals surface area contributed by atoms with Crippen molar-refractivity contribution in [2.75, 3.05) is 0 Å². The molecule has 0 spiro atoms. The Morgan fingerprint density at radius 3 is 2.44 bits per heavy atom. The number of nitrogens with zero attached hydrogens (tertiary/aromatic N) is 1. The van der Waals surface area contributed by atoms with Crippen LogP contribution in [-0.2, 0) is 6.54 Å². The van der Waals surface area contributed by atoms with Crippen LogP contribution in [0.15, 0.2) is 24.3 Å². The topological polar surface area (TPSA) is 27.1 Å². The van der Waals surface area contributed by atoms with Crippen LogP contribution in [0.2, 0.25) is 0 Å². The minimum Gasteiger partial charge on any atom is -0.349 e. The average molecular weight is 216 g/mol. The molecular formula is C14H20N2. The van der Waals surface area contributed by atoms with Gasteiger partial charge in [0.1, 0.15) is 5.84 Å². The van der Waals surface area contributed by atoms with Gasteiger partial charge in [0.2, 0.25) is 0 Å². The predicted molar refractivity (Wildman–Crippen MR) is 67.7 cm³/mol. The Labute approximate surface area is 97.8 Å².